The third kappa shape index (κ3) is 4.47. The molecule has 0 bridgehead atoms. The van der Waals surface area contributed by atoms with Gasteiger partial charge in [-0.3, -0.25) is 14.9 Å². The van der Waals surface area contributed by atoms with Gasteiger partial charge in [0.15, 0.2) is 0 Å². The molecule has 1 fully saturated rings. The van der Waals surface area contributed by atoms with Crippen LogP contribution in [-0.4, -0.2) is 49.1 Å². The molecule has 116 valence electrons. The minimum absolute atomic E-state index is 0.0890. The Balaban J connectivity index is 2.54. The van der Waals surface area contributed by atoms with Crippen LogP contribution in [0.15, 0.2) is 0 Å². The molecule has 1 rings (SSSR count). The van der Waals surface area contributed by atoms with Gasteiger partial charge in [-0.1, -0.05) is 20.8 Å². The van der Waals surface area contributed by atoms with Crippen molar-refractivity contribution < 1.29 is 14.3 Å². The average molecular weight is 284 g/mol. The number of amides is 1. The van der Waals surface area contributed by atoms with Crippen LogP contribution in [0.4, 0.5) is 0 Å². The van der Waals surface area contributed by atoms with Gasteiger partial charge in [-0.05, 0) is 31.6 Å². The van der Waals surface area contributed by atoms with Crippen molar-refractivity contribution in [1.29, 1.82) is 0 Å². The van der Waals surface area contributed by atoms with Crippen LogP contribution in [0.2, 0.25) is 0 Å². The van der Waals surface area contributed by atoms with Crippen molar-refractivity contribution in [2.24, 2.45) is 5.92 Å². The van der Waals surface area contributed by atoms with E-state index in [1.807, 2.05) is 18.7 Å². The highest BCUT2D eigenvalue weighted by atomic mass is 16.5. The monoisotopic (exact) mass is 284 g/mol. The number of likely N-dealkylation sites (tertiary alicyclic amines) is 1. The summed E-state index contributed by atoms with van der Waals surface area (Å²) >= 11 is 0. The lowest BCUT2D eigenvalue weighted by molar-refractivity contribution is -0.144. The molecule has 20 heavy (non-hydrogen) atoms. The number of nitrogens with one attached hydrogen (secondary N) is 1. The highest BCUT2D eigenvalue weighted by Crippen LogP contribution is 2.19. The summed E-state index contributed by atoms with van der Waals surface area (Å²) in [6.07, 6.45) is 4.36. The summed E-state index contributed by atoms with van der Waals surface area (Å²) < 4.78 is 4.77. The van der Waals surface area contributed by atoms with Gasteiger partial charge in [0.25, 0.3) is 0 Å². The highest BCUT2D eigenvalue weighted by Gasteiger charge is 2.28. The summed E-state index contributed by atoms with van der Waals surface area (Å²) in [4.78, 5) is 25.9. The van der Waals surface area contributed by atoms with Crippen LogP contribution in [0.3, 0.4) is 0 Å². The Bertz CT molecular complexity index is 331. The lowest BCUT2D eigenvalue weighted by atomic mass is 10.00. The summed E-state index contributed by atoms with van der Waals surface area (Å²) in [5, 5.41) is 3.05. The molecule has 0 aliphatic carbocycles. The Morgan fingerprint density at radius 1 is 1.35 bits per heavy atom. The Kier molecular flexibility index (Phi) is 6.99. The quantitative estimate of drug-likeness (QED) is 0.752. The van der Waals surface area contributed by atoms with E-state index in [1.54, 1.807) is 0 Å². The van der Waals surface area contributed by atoms with Gasteiger partial charge in [-0.2, -0.15) is 0 Å². The number of piperidine rings is 1. The van der Waals surface area contributed by atoms with Crippen LogP contribution >= 0.6 is 0 Å². The van der Waals surface area contributed by atoms with Crippen molar-refractivity contribution in [3.05, 3.63) is 0 Å². The van der Waals surface area contributed by atoms with E-state index in [0.29, 0.717) is 6.04 Å². The largest absolute Gasteiger partial charge is 0.468 e. The number of carbonyl (C=O) groups is 2. The molecule has 0 saturated carbocycles. The van der Waals surface area contributed by atoms with Crippen molar-refractivity contribution in [1.82, 2.24) is 10.2 Å². The summed E-state index contributed by atoms with van der Waals surface area (Å²) in [7, 11) is 1.37. The van der Waals surface area contributed by atoms with Gasteiger partial charge in [0.1, 0.15) is 6.04 Å². The summed E-state index contributed by atoms with van der Waals surface area (Å²) in [5.74, 6) is -0.122. The second kappa shape index (κ2) is 8.25. The standard InChI is InChI=1S/C15H28N2O3/c1-5-12-8-6-7-9-17(12)13(18)10-16-14(11(2)3)15(19)20-4/h11-12,14,16H,5-10H2,1-4H3. The fraction of sp³-hybridized carbons (Fsp3) is 0.867. The molecule has 0 aromatic carbocycles. The van der Waals surface area contributed by atoms with E-state index in [2.05, 4.69) is 12.2 Å². The maximum Gasteiger partial charge on any atom is 0.323 e. The Morgan fingerprint density at radius 2 is 2.05 bits per heavy atom. The van der Waals surface area contributed by atoms with E-state index in [9.17, 15) is 9.59 Å². The Labute approximate surface area is 122 Å². The number of rotatable bonds is 6. The van der Waals surface area contributed by atoms with E-state index in [1.165, 1.54) is 13.5 Å². The van der Waals surface area contributed by atoms with Gasteiger partial charge in [-0.15, -0.1) is 0 Å². The zero-order valence-corrected chi connectivity index (χ0v) is 13.1. The van der Waals surface area contributed by atoms with E-state index in [0.717, 1.165) is 25.8 Å². The lowest BCUT2D eigenvalue weighted by Crippen LogP contribution is -2.50. The maximum absolute atomic E-state index is 12.3. The molecule has 1 aliphatic heterocycles. The molecule has 0 aromatic rings. The third-order valence-corrected chi connectivity index (χ3v) is 4.01. The van der Waals surface area contributed by atoms with Crippen LogP contribution in [-0.2, 0) is 14.3 Å². The number of methoxy groups -OCH3 is 1. The molecular formula is C15H28N2O3. The smallest absolute Gasteiger partial charge is 0.323 e. The number of esters is 1. The molecular weight excluding hydrogens is 256 g/mol. The fourth-order valence-electron chi connectivity index (χ4n) is 2.77. The molecule has 0 spiro atoms. The molecule has 1 saturated heterocycles. The second-order valence-electron chi connectivity index (χ2n) is 5.77. The predicted octanol–water partition coefficient (Wildman–Crippen LogP) is 1.56. The zero-order valence-electron chi connectivity index (χ0n) is 13.1. The third-order valence-electron chi connectivity index (χ3n) is 4.01. The van der Waals surface area contributed by atoms with Gasteiger partial charge in [0.05, 0.1) is 13.7 Å². The van der Waals surface area contributed by atoms with Crippen LogP contribution in [0.1, 0.15) is 46.5 Å². The number of hydrogen-bond acceptors (Lipinski definition) is 4. The van der Waals surface area contributed by atoms with Crippen molar-refractivity contribution in [2.75, 3.05) is 20.2 Å². The van der Waals surface area contributed by atoms with Gasteiger partial charge in [0.2, 0.25) is 5.91 Å². The highest BCUT2D eigenvalue weighted by molar-refractivity contribution is 5.81. The van der Waals surface area contributed by atoms with Gasteiger partial charge >= 0.3 is 5.97 Å². The first-order valence-electron chi connectivity index (χ1n) is 7.61. The predicted molar refractivity (Wildman–Crippen MR) is 78.3 cm³/mol. The maximum atomic E-state index is 12.3. The van der Waals surface area contributed by atoms with Crippen molar-refractivity contribution in [2.45, 2.75) is 58.5 Å². The summed E-state index contributed by atoms with van der Waals surface area (Å²) in [5.41, 5.74) is 0. The van der Waals surface area contributed by atoms with E-state index in [4.69, 9.17) is 4.74 Å². The Hall–Kier alpha value is -1.10. The van der Waals surface area contributed by atoms with Crippen molar-refractivity contribution in [3.63, 3.8) is 0 Å². The minimum Gasteiger partial charge on any atom is -0.468 e. The first kappa shape index (κ1) is 17.0. The number of carbonyl (C=O) groups excluding carboxylic acids is 2. The van der Waals surface area contributed by atoms with E-state index in [-0.39, 0.29) is 24.3 Å². The number of ether oxygens (including phenoxy) is 1. The zero-order chi connectivity index (χ0) is 15.1. The number of nitrogens with zero attached hydrogens (tertiary/aromatic N) is 1. The van der Waals surface area contributed by atoms with E-state index >= 15 is 0 Å². The van der Waals surface area contributed by atoms with Crippen LogP contribution < -0.4 is 5.32 Å². The van der Waals surface area contributed by atoms with Gasteiger partial charge in [-0.25, -0.2) is 0 Å². The second-order valence-corrected chi connectivity index (χ2v) is 5.77. The SMILES string of the molecule is CCC1CCCCN1C(=O)CNC(C(=O)OC)C(C)C. The first-order chi connectivity index (χ1) is 9.51. The molecule has 1 aliphatic rings. The van der Waals surface area contributed by atoms with E-state index < -0.39 is 6.04 Å². The molecule has 1 N–H and O–H groups in total. The fourth-order valence-corrected chi connectivity index (χ4v) is 2.77. The summed E-state index contributed by atoms with van der Waals surface area (Å²) in [6, 6.07) is -0.0671. The molecule has 2 atom stereocenters. The normalized spacial score (nSPS) is 20.9. The van der Waals surface area contributed by atoms with Crippen molar-refractivity contribution in [3.8, 4) is 0 Å². The molecule has 0 aromatic heterocycles. The van der Waals surface area contributed by atoms with Crippen molar-refractivity contribution >= 4 is 11.9 Å². The molecule has 2 unspecified atom stereocenters. The Morgan fingerprint density at radius 3 is 2.60 bits per heavy atom. The van der Waals surface area contributed by atoms with Crippen LogP contribution in [0.5, 0.6) is 0 Å². The summed E-state index contributed by atoms with van der Waals surface area (Å²) in [6.45, 7) is 7.04. The molecule has 0 radical (unpaired) electrons. The lowest BCUT2D eigenvalue weighted by Gasteiger charge is -2.35. The molecule has 1 heterocycles. The molecule has 1 amide bonds. The molecule has 5 heteroatoms. The average Bonchev–Trinajstić information content (AvgIpc) is 2.46. The van der Waals surface area contributed by atoms with Gasteiger partial charge in [0, 0.05) is 12.6 Å². The van der Waals surface area contributed by atoms with Crippen LogP contribution in [0, 0.1) is 5.92 Å². The first-order valence-corrected chi connectivity index (χ1v) is 7.61. The van der Waals surface area contributed by atoms with Crippen LogP contribution in [0.25, 0.3) is 0 Å². The molecule has 5 nitrogen and oxygen atoms in total. The minimum atomic E-state index is -0.422. The topological polar surface area (TPSA) is 58.6 Å². The number of hydrogen-bond donors (Lipinski definition) is 1. The van der Waals surface area contributed by atoms with Gasteiger partial charge < -0.3 is 9.64 Å².